The van der Waals surface area contributed by atoms with Gasteiger partial charge in [-0.15, -0.1) is 0 Å². The summed E-state index contributed by atoms with van der Waals surface area (Å²) < 4.78 is 0. The lowest BCUT2D eigenvalue weighted by Crippen LogP contribution is -2.14. The Morgan fingerprint density at radius 2 is 1.15 bits per heavy atom. The van der Waals surface area contributed by atoms with Crippen molar-refractivity contribution in [3.05, 3.63) is 107 Å². The van der Waals surface area contributed by atoms with Crippen molar-refractivity contribution < 1.29 is 20.1 Å². The topological polar surface area (TPSA) is 74.6 Å². The van der Waals surface area contributed by atoms with Crippen LogP contribution in [0.4, 0.5) is 0 Å². The van der Waals surface area contributed by atoms with Gasteiger partial charge in [0.1, 0.15) is 0 Å². The fraction of sp³-hybridized carbons (Fsp3) is 0.130. The number of hydrogen-bond acceptors (Lipinski definition) is 4. The molecule has 0 spiro atoms. The summed E-state index contributed by atoms with van der Waals surface area (Å²) in [6, 6.07) is 23.8. The van der Waals surface area contributed by atoms with E-state index >= 15 is 0 Å². The van der Waals surface area contributed by atoms with Crippen molar-refractivity contribution in [3.8, 4) is 0 Å². The zero-order valence-corrected chi connectivity index (χ0v) is 15.3. The molecule has 0 saturated carbocycles. The Hall–Kier alpha value is -3.08. The number of benzene rings is 3. The highest BCUT2D eigenvalue weighted by Gasteiger charge is 2.23. The highest BCUT2D eigenvalue weighted by atomic mass is 17.0. The highest BCUT2D eigenvalue weighted by molar-refractivity contribution is 6.20. The van der Waals surface area contributed by atoms with Crippen molar-refractivity contribution in [2.45, 2.75) is 19.8 Å². The molecular formula is C23H22O4. The molecule has 0 radical (unpaired) electrons. The molecule has 3 rings (SSSR count). The molecule has 0 unspecified atom stereocenters. The molecule has 3 aromatic rings. The Morgan fingerprint density at radius 1 is 0.667 bits per heavy atom. The van der Waals surface area contributed by atoms with E-state index in [0.29, 0.717) is 22.3 Å². The predicted molar refractivity (Wildman–Crippen MR) is 106 cm³/mol. The molecular weight excluding hydrogens is 340 g/mol. The van der Waals surface area contributed by atoms with Gasteiger partial charge >= 0.3 is 0 Å². The van der Waals surface area contributed by atoms with Gasteiger partial charge in [0, 0.05) is 22.3 Å². The first-order chi connectivity index (χ1) is 13.1. The van der Waals surface area contributed by atoms with E-state index in [1.807, 2.05) is 62.4 Å². The van der Waals surface area contributed by atoms with Crippen LogP contribution in [-0.4, -0.2) is 22.1 Å². The van der Waals surface area contributed by atoms with Crippen LogP contribution in [0.1, 0.15) is 57.2 Å². The summed E-state index contributed by atoms with van der Waals surface area (Å²) in [7, 11) is 0. The Kier molecular flexibility index (Phi) is 7.17. The third-order valence-electron chi connectivity index (χ3n) is 4.26. The van der Waals surface area contributed by atoms with E-state index in [4.69, 9.17) is 10.5 Å². The summed E-state index contributed by atoms with van der Waals surface area (Å²) >= 11 is 0. The minimum atomic E-state index is -0.123. The largest absolute Gasteiger partial charge is 0.289 e. The van der Waals surface area contributed by atoms with Crippen LogP contribution < -0.4 is 0 Å². The zero-order chi connectivity index (χ0) is 19.8. The first kappa shape index (κ1) is 20.2. The third kappa shape index (κ3) is 4.56. The van der Waals surface area contributed by atoms with Crippen molar-refractivity contribution in [3.63, 3.8) is 0 Å². The molecule has 4 heteroatoms. The second-order valence-electron chi connectivity index (χ2n) is 6.31. The third-order valence-corrected chi connectivity index (χ3v) is 4.26. The molecule has 0 bridgehead atoms. The van der Waals surface area contributed by atoms with E-state index in [9.17, 15) is 9.59 Å². The highest BCUT2D eigenvalue weighted by Crippen LogP contribution is 2.27. The lowest BCUT2D eigenvalue weighted by Gasteiger charge is -2.16. The Labute approximate surface area is 158 Å². The number of carbonyl (C=O) groups excluding carboxylic acids is 2. The summed E-state index contributed by atoms with van der Waals surface area (Å²) in [4.78, 5) is 26.2. The molecule has 138 valence electrons. The van der Waals surface area contributed by atoms with E-state index in [0.717, 1.165) is 5.56 Å². The molecule has 0 aromatic heterocycles. The van der Waals surface area contributed by atoms with Gasteiger partial charge in [0.25, 0.3) is 0 Å². The van der Waals surface area contributed by atoms with Gasteiger partial charge in [0.05, 0.1) is 0 Å². The van der Waals surface area contributed by atoms with Crippen molar-refractivity contribution in [1.29, 1.82) is 0 Å². The van der Waals surface area contributed by atoms with Gasteiger partial charge in [0.15, 0.2) is 11.6 Å². The summed E-state index contributed by atoms with van der Waals surface area (Å²) in [6.07, 6.45) is 0. The maximum absolute atomic E-state index is 13.2. The van der Waals surface area contributed by atoms with Crippen molar-refractivity contribution in [2.75, 3.05) is 0 Å². The van der Waals surface area contributed by atoms with Gasteiger partial charge in [-0.05, 0) is 11.5 Å². The summed E-state index contributed by atoms with van der Waals surface area (Å²) in [5.41, 5.74) is 3.06. The standard InChI is InChI=1S/C23H20O2.H2O2/c1-16(2)19-14-9-15-20(22(24)17-10-5-3-6-11-17)21(19)23(25)18-12-7-4-8-13-18;1-2/h3-16H,1-2H3;1-2H. The maximum atomic E-state index is 13.2. The number of ketones is 2. The summed E-state index contributed by atoms with van der Waals surface area (Å²) in [5, 5.41) is 12.0. The second kappa shape index (κ2) is 9.57. The van der Waals surface area contributed by atoms with Crippen molar-refractivity contribution in [1.82, 2.24) is 0 Å². The van der Waals surface area contributed by atoms with E-state index < -0.39 is 0 Å². The van der Waals surface area contributed by atoms with E-state index in [1.165, 1.54) is 0 Å². The molecule has 3 aromatic carbocycles. The molecule has 4 nitrogen and oxygen atoms in total. The smallest absolute Gasteiger partial charge is 0.194 e. The first-order valence-corrected chi connectivity index (χ1v) is 8.62. The van der Waals surface area contributed by atoms with Crippen LogP contribution in [0.3, 0.4) is 0 Å². The fourth-order valence-electron chi connectivity index (χ4n) is 2.97. The van der Waals surface area contributed by atoms with E-state index in [-0.39, 0.29) is 17.5 Å². The van der Waals surface area contributed by atoms with Crippen LogP contribution in [-0.2, 0) is 0 Å². The fourth-order valence-corrected chi connectivity index (χ4v) is 2.97. The quantitative estimate of drug-likeness (QED) is 0.367. The molecule has 27 heavy (non-hydrogen) atoms. The summed E-state index contributed by atoms with van der Waals surface area (Å²) in [5.74, 6) is -0.0854. The van der Waals surface area contributed by atoms with Gasteiger partial charge in [-0.2, -0.15) is 0 Å². The Balaban J connectivity index is 0.00000126. The Morgan fingerprint density at radius 3 is 1.63 bits per heavy atom. The maximum Gasteiger partial charge on any atom is 0.194 e. The molecule has 0 fully saturated rings. The molecule has 0 aliphatic rings. The lowest BCUT2D eigenvalue weighted by molar-refractivity contribution is -0.176. The lowest BCUT2D eigenvalue weighted by atomic mass is 9.86. The minimum Gasteiger partial charge on any atom is -0.289 e. The zero-order valence-electron chi connectivity index (χ0n) is 15.3. The average Bonchev–Trinajstić information content (AvgIpc) is 2.74. The van der Waals surface area contributed by atoms with Crippen LogP contribution in [0, 0.1) is 0 Å². The second-order valence-corrected chi connectivity index (χ2v) is 6.31. The monoisotopic (exact) mass is 362 g/mol. The molecule has 0 aliphatic carbocycles. The van der Waals surface area contributed by atoms with Gasteiger partial charge in [0.2, 0.25) is 0 Å². The number of hydrogen-bond donors (Lipinski definition) is 2. The van der Waals surface area contributed by atoms with Gasteiger partial charge in [-0.25, -0.2) is 0 Å². The number of carbonyl (C=O) groups is 2. The van der Waals surface area contributed by atoms with E-state index in [2.05, 4.69) is 0 Å². The predicted octanol–water partition coefficient (Wildman–Crippen LogP) is 5.29. The minimum absolute atomic E-state index is 0.107. The van der Waals surface area contributed by atoms with Crippen LogP contribution in [0.25, 0.3) is 0 Å². The molecule has 0 amide bonds. The molecule has 0 atom stereocenters. The SMILES string of the molecule is CC(C)c1cccc(C(=O)c2ccccc2)c1C(=O)c1ccccc1.OO. The molecule has 0 heterocycles. The van der Waals surface area contributed by atoms with Crippen LogP contribution in [0.5, 0.6) is 0 Å². The summed E-state index contributed by atoms with van der Waals surface area (Å²) in [6.45, 7) is 4.07. The Bertz CT molecular complexity index is 900. The van der Waals surface area contributed by atoms with Crippen LogP contribution in [0.15, 0.2) is 78.9 Å². The van der Waals surface area contributed by atoms with Crippen molar-refractivity contribution >= 4 is 11.6 Å². The number of rotatable bonds is 5. The normalized spacial score (nSPS) is 10.1. The van der Waals surface area contributed by atoms with Crippen LogP contribution in [0.2, 0.25) is 0 Å². The van der Waals surface area contributed by atoms with Gasteiger partial charge in [-0.1, -0.05) is 92.7 Å². The molecule has 0 saturated heterocycles. The van der Waals surface area contributed by atoms with Crippen molar-refractivity contribution in [2.24, 2.45) is 0 Å². The average molecular weight is 362 g/mol. The molecule has 2 N–H and O–H groups in total. The van der Waals surface area contributed by atoms with Crippen LogP contribution >= 0.6 is 0 Å². The molecule has 0 aliphatic heterocycles. The van der Waals surface area contributed by atoms with Gasteiger partial charge in [-0.3, -0.25) is 20.1 Å². The van der Waals surface area contributed by atoms with E-state index in [1.54, 1.807) is 30.3 Å². The first-order valence-electron chi connectivity index (χ1n) is 8.62. The van der Waals surface area contributed by atoms with Gasteiger partial charge < -0.3 is 0 Å².